The summed E-state index contributed by atoms with van der Waals surface area (Å²) in [5.41, 5.74) is 9.21. The van der Waals surface area contributed by atoms with Crippen LogP contribution in [0.2, 0.25) is 0 Å². The van der Waals surface area contributed by atoms with E-state index in [2.05, 4.69) is 6.07 Å². The number of hydrogen-bond acceptors (Lipinski definition) is 4. The Bertz CT molecular complexity index is 758. The number of anilines is 2. The van der Waals surface area contributed by atoms with Crippen molar-refractivity contribution in [1.29, 1.82) is 0 Å². The number of ether oxygens (including phenoxy) is 1. The van der Waals surface area contributed by atoms with E-state index >= 15 is 0 Å². The average Bonchev–Trinajstić information content (AvgIpc) is 3.01. The Morgan fingerprint density at radius 1 is 1.33 bits per heavy atom. The number of fused-ring (bicyclic) bond motifs is 1. The molecule has 126 valence electrons. The van der Waals surface area contributed by atoms with Gasteiger partial charge in [-0.1, -0.05) is 18.2 Å². The van der Waals surface area contributed by atoms with Crippen molar-refractivity contribution in [3.8, 4) is 11.5 Å². The summed E-state index contributed by atoms with van der Waals surface area (Å²) in [6, 6.07) is 11.5. The SMILES string of the molecule is CCOc1cc(CCC(=O)N2CCc3ccccc32)cc(N)c1O. The van der Waals surface area contributed by atoms with Gasteiger partial charge in [-0.25, -0.2) is 0 Å². The summed E-state index contributed by atoms with van der Waals surface area (Å²) in [6.45, 7) is 3.02. The molecule has 1 heterocycles. The van der Waals surface area contributed by atoms with Crippen LogP contribution in [0, 0.1) is 0 Å². The van der Waals surface area contributed by atoms with Gasteiger partial charge in [0.25, 0.3) is 0 Å². The van der Waals surface area contributed by atoms with Gasteiger partial charge in [-0.2, -0.15) is 0 Å². The van der Waals surface area contributed by atoms with E-state index in [1.165, 1.54) is 5.56 Å². The van der Waals surface area contributed by atoms with Gasteiger partial charge in [-0.3, -0.25) is 4.79 Å². The molecule has 0 saturated heterocycles. The third kappa shape index (κ3) is 3.15. The van der Waals surface area contributed by atoms with Crippen molar-refractivity contribution in [3.05, 3.63) is 47.5 Å². The Morgan fingerprint density at radius 2 is 2.12 bits per heavy atom. The Labute approximate surface area is 141 Å². The largest absolute Gasteiger partial charge is 0.503 e. The summed E-state index contributed by atoms with van der Waals surface area (Å²) in [5.74, 6) is 0.427. The summed E-state index contributed by atoms with van der Waals surface area (Å²) in [4.78, 5) is 14.4. The van der Waals surface area contributed by atoms with E-state index in [0.29, 0.717) is 25.2 Å². The number of aromatic hydroxyl groups is 1. The van der Waals surface area contributed by atoms with E-state index in [1.54, 1.807) is 12.1 Å². The fraction of sp³-hybridized carbons (Fsp3) is 0.316. The molecule has 0 saturated carbocycles. The van der Waals surface area contributed by atoms with Gasteiger partial charge in [0.15, 0.2) is 11.5 Å². The summed E-state index contributed by atoms with van der Waals surface area (Å²) in [7, 11) is 0. The highest BCUT2D eigenvalue weighted by Crippen LogP contribution is 2.34. The first-order valence-corrected chi connectivity index (χ1v) is 8.22. The number of phenols is 1. The number of carbonyl (C=O) groups excluding carboxylic acids is 1. The molecule has 0 unspecified atom stereocenters. The van der Waals surface area contributed by atoms with Crippen molar-refractivity contribution in [3.63, 3.8) is 0 Å². The van der Waals surface area contributed by atoms with Crippen LogP contribution in [0.1, 0.15) is 24.5 Å². The topological polar surface area (TPSA) is 75.8 Å². The second-order valence-corrected chi connectivity index (χ2v) is 5.89. The number of carbonyl (C=O) groups is 1. The molecule has 0 spiro atoms. The predicted molar refractivity (Wildman–Crippen MR) is 94.5 cm³/mol. The van der Waals surface area contributed by atoms with Crippen LogP contribution < -0.4 is 15.4 Å². The van der Waals surface area contributed by atoms with Gasteiger partial charge < -0.3 is 20.5 Å². The Morgan fingerprint density at radius 3 is 2.92 bits per heavy atom. The number of benzene rings is 2. The van der Waals surface area contributed by atoms with Gasteiger partial charge >= 0.3 is 0 Å². The zero-order chi connectivity index (χ0) is 17.1. The smallest absolute Gasteiger partial charge is 0.227 e. The number of aryl methyl sites for hydroxylation is 1. The van der Waals surface area contributed by atoms with Gasteiger partial charge in [-0.05, 0) is 49.1 Å². The lowest BCUT2D eigenvalue weighted by atomic mass is 10.1. The van der Waals surface area contributed by atoms with E-state index in [-0.39, 0.29) is 17.3 Å². The highest BCUT2D eigenvalue weighted by atomic mass is 16.5. The van der Waals surface area contributed by atoms with Crippen LogP contribution in [0.5, 0.6) is 11.5 Å². The molecule has 2 aromatic carbocycles. The average molecular weight is 326 g/mol. The fourth-order valence-electron chi connectivity index (χ4n) is 3.08. The van der Waals surface area contributed by atoms with Crippen LogP contribution >= 0.6 is 0 Å². The number of phenolic OH excluding ortho intramolecular Hbond substituents is 1. The lowest BCUT2D eigenvalue weighted by Crippen LogP contribution is -2.29. The molecule has 5 nitrogen and oxygen atoms in total. The molecule has 0 radical (unpaired) electrons. The van der Waals surface area contributed by atoms with E-state index < -0.39 is 0 Å². The van der Waals surface area contributed by atoms with Gasteiger partial charge in [-0.15, -0.1) is 0 Å². The first-order chi connectivity index (χ1) is 11.6. The monoisotopic (exact) mass is 326 g/mol. The van der Waals surface area contributed by atoms with Gasteiger partial charge in [0.05, 0.1) is 12.3 Å². The first kappa shape index (κ1) is 16.2. The Balaban J connectivity index is 1.69. The minimum absolute atomic E-state index is 0.0413. The molecule has 1 amide bonds. The van der Waals surface area contributed by atoms with Crippen LogP contribution in [-0.4, -0.2) is 24.2 Å². The maximum atomic E-state index is 12.6. The van der Waals surface area contributed by atoms with Gasteiger partial charge in [0.1, 0.15) is 0 Å². The summed E-state index contributed by atoms with van der Waals surface area (Å²) >= 11 is 0. The number of nitrogen functional groups attached to an aromatic ring is 1. The number of rotatable bonds is 5. The lowest BCUT2D eigenvalue weighted by molar-refractivity contribution is -0.118. The molecule has 0 aromatic heterocycles. The predicted octanol–water partition coefficient (Wildman–Crippen LogP) is 2.90. The molecule has 0 bridgehead atoms. The maximum absolute atomic E-state index is 12.6. The van der Waals surface area contributed by atoms with Crippen molar-refractivity contribution in [2.24, 2.45) is 0 Å². The van der Waals surface area contributed by atoms with Gasteiger partial charge in [0.2, 0.25) is 5.91 Å². The molecule has 5 heteroatoms. The zero-order valence-corrected chi connectivity index (χ0v) is 13.8. The highest BCUT2D eigenvalue weighted by Gasteiger charge is 2.23. The molecule has 0 fully saturated rings. The van der Waals surface area contributed by atoms with E-state index in [1.807, 2.05) is 30.0 Å². The molecule has 24 heavy (non-hydrogen) atoms. The molecule has 2 aromatic rings. The fourth-order valence-corrected chi connectivity index (χ4v) is 3.08. The van der Waals surface area contributed by atoms with Crippen molar-refractivity contribution in [1.82, 2.24) is 0 Å². The summed E-state index contributed by atoms with van der Waals surface area (Å²) < 4.78 is 5.39. The minimum atomic E-state index is -0.0413. The number of hydrogen-bond donors (Lipinski definition) is 2. The Hall–Kier alpha value is -2.69. The van der Waals surface area contributed by atoms with E-state index in [9.17, 15) is 9.90 Å². The quantitative estimate of drug-likeness (QED) is 0.654. The molecular formula is C19H22N2O3. The summed E-state index contributed by atoms with van der Waals surface area (Å²) in [6.07, 6.45) is 1.86. The van der Waals surface area contributed by atoms with Crippen molar-refractivity contribution < 1.29 is 14.6 Å². The first-order valence-electron chi connectivity index (χ1n) is 8.22. The van der Waals surface area contributed by atoms with Crippen molar-refractivity contribution >= 4 is 17.3 Å². The number of nitrogens with zero attached hydrogens (tertiary/aromatic N) is 1. The number of amides is 1. The second-order valence-electron chi connectivity index (χ2n) is 5.89. The Kier molecular flexibility index (Phi) is 4.60. The molecule has 1 aliphatic heterocycles. The molecule has 3 N–H and O–H groups in total. The van der Waals surface area contributed by atoms with Gasteiger partial charge in [0, 0.05) is 18.7 Å². The van der Waals surface area contributed by atoms with Crippen LogP contribution in [0.3, 0.4) is 0 Å². The normalized spacial score (nSPS) is 13.0. The highest BCUT2D eigenvalue weighted by molar-refractivity contribution is 5.95. The number of para-hydroxylation sites is 1. The van der Waals surface area contributed by atoms with E-state index in [4.69, 9.17) is 10.5 Å². The van der Waals surface area contributed by atoms with E-state index in [0.717, 1.165) is 24.2 Å². The third-order valence-corrected chi connectivity index (χ3v) is 4.28. The van der Waals surface area contributed by atoms with Crippen molar-refractivity contribution in [2.45, 2.75) is 26.2 Å². The third-order valence-electron chi connectivity index (χ3n) is 4.28. The zero-order valence-electron chi connectivity index (χ0n) is 13.8. The van der Waals surface area contributed by atoms with Crippen LogP contribution in [0.4, 0.5) is 11.4 Å². The minimum Gasteiger partial charge on any atom is -0.503 e. The summed E-state index contributed by atoms with van der Waals surface area (Å²) in [5, 5.41) is 9.89. The lowest BCUT2D eigenvalue weighted by Gasteiger charge is -2.17. The van der Waals surface area contributed by atoms with Crippen molar-refractivity contribution in [2.75, 3.05) is 23.8 Å². The van der Waals surface area contributed by atoms with Crippen LogP contribution in [-0.2, 0) is 17.6 Å². The maximum Gasteiger partial charge on any atom is 0.227 e. The molecule has 1 aliphatic rings. The number of nitrogens with two attached hydrogens (primary N) is 1. The second kappa shape index (κ2) is 6.83. The molecule has 0 atom stereocenters. The van der Waals surface area contributed by atoms with Crippen LogP contribution in [0.25, 0.3) is 0 Å². The standard InChI is InChI=1S/C19H22N2O3/c1-2-24-17-12-13(11-15(20)19(17)23)7-8-18(22)21-10-9-14-5-3-4-6-16(14)21/h3-6,11-12,23H,2,7-10,20H2,1H3. The molecule has 3 rings (SSSR count). The molecule has 0 aliphatic carbocycles. The molecular weight excluding hydrogens is 304 g/mol. The van der Waals surface area contributed by atoms with Crippen LogP contribution in [0.15, 0.2) is 36.4 Å².